The Labute approximate surface area is 183 Å². The summed E-state index contributed by atoms with van der Waals surface area (Å²) in [5.74, 6) is 2.32. The second kappa shape index (κ2) is 10.2. The highest BCUT2D eigenvalue weighted by Gasteiger charge is 2.27. The van der Waals surface area contributed by atoms with E-state index in [1.165, 1.54) is 5.56 Å². The number of benzene rings is 2. The topological polar surface area (TPSA) is 68.2 Å². The number of rotatable bonds is 8. The number of carbonyl (C=O) groups is 1. The van der Waals surface area contributed by atoms with E-state index in [1.807, 2.05) is 30.3 Å². The van der Waals surface area contributed by atoms with Crippen molar-refractivity contribution >= 4 is 5.78 Å². The summed E-state index contributed by atoms with van der Waals surface area (Å²) in [5.41, 5.74) is 1.90. The molecule has 0 spiro atoms. The lowest BCUT2D eigenvalue weighted by Gasteiger charge is -2.32. The maximum absolute atomic E-state index is 12.9. The third-order valence-electron chi connectivity index (χ3n) is 6.00. The first-order chi connectivity index (χ1) is 15.1. The Hall–Kier alpha value is -2.57. The molecule has 2 aliphatic heterocycles. The van der Waals surface area contributed by atoms with Crippen molar-refractivity contribution < 1.29 is 24.1 Å². The van der Waals surface area contributed by atoms with Gasteiger partial charge in [0.15, 0.2) is 17.3 Å². The molecule has 1 fully saturated rings. The van der Waals surface area contributed by atoms with E-state index in [-0.39, 0.29) is 18.3 Å². The summed E-state index contributed by atoms with van der Waals surface area (Å²) in [6.07, 6.45) is 1.98. The number of aliphatic hydroxyl groups is 1. The van der Waals surface area contributed by atoms with Crippen LogP contribution in [0, 0.1) is 5.92 Å². The molecule has 6 heteroatoms. The zero-order valence-corrected chi connectivity index (χ0v) is 18.1. The second-order valence-corrected chi connectivity index (χ2v) is 8.26. The maximum Gasteiger partial charge on any atom is 0.166 e. The number of β-amino-alcohol motifs (C(OH)–C–C–N with tert-alkyl or cyclic N) is 1. The Bertz CT molecular complexity index is 891. The van der Waals surface area contributed by atoms with Crippen LogP contribution >= 0.6 is 0 Å². The van der Waals surface area contributed by atoms with Gasteiger partial charge in [0.2, 0.25) is 0 Å². The average molecular weight is 426 g/mol. The van der Waals surface area contributed by atoms with Crippen LogP contribution in [0.1, 0.15) is 35.7 Å². The Morgan fingerprint density at radius 3 is 2.68 bits per heavy atom. The van der Waals surface area contributed by atoms with Crippen molar-refractivity contribution in [3.05, 3.63) is 53.6 Å². The highest BCUT2D eigenvalue weighted by molar-refractivity contribution is 5.98. The molecule has 2 aliphatic rings. The van der Waals surface area contributed by atoms with Crippen LogP contribution in [0.2, 0.25) is 0 Å². The van der Waals surface area contributed by atoms with E-state index < -0.39 is 6.10 Å². The van der Waals surface area contributed by atoms with Crippen LogP contribution in [0.5, 0.6) is 17.2 Å². The number of ether oxygens (including phenoxy) is 3. The molecule has 1 N–H and O–H groups in total. The summed E-state index contributed by atoms with van der Waals surface area (Å²) in [7, 11) is 0. The highest BCUT2D eigenvalue weighted by Crippen LogP contribution is 2.32. The molecular weight excluding hydrogens is 394 g/mol. The Morgan fingerprint density at radius 2 is 1.90 bits per heavy atom. The van der Waals surface area contributed by atoms with Crippen LogP contribution < -0.4 is 14.2 Å². The quantitative estimate of drug-likeness (QED) is 0.654. The number of ketones is 1. The van der Waals surface area contributed by atoms with Crippen LogP contribution in [0.15, 0.2) is 42.5 Å². The minimum Gasteiger partial charge on any atom is -0.491 e. The molecule has 0 saturated carbocycles. The summed E-state index contributed by atoms with van der Waals surface area (Å²) >= 11 is 0. The largest absolute Gasteiger partial charge is 0.491 e. The lowest BCUT2D eigenvalue weighted by Crippen LogP contribution is -2.42. The number of likely N-dealkylation sites (tertiary alicyclic amines) is 1. The van der Waals surface area contributed by atoms with Gasteiger partial charge in [-0.2, -0.15) is 0 Å². The summed E-state index contributed by atoms with van der Waals surface area (Å²) in [4.78, 5) is 15.2. The first-order valence-corrected chi connectivity index (χ1v) is 11.2. The molecule has 6 nitrogen and oxygen atoms in total. The third-order valence-corrected chi connectivity index (χ3v) is 6.00. The molecule has 0 aromatic heterocycles. The van der Waals surface area contributed by atoms with Crippen molar-refractivity contribution in [2.24, 2.45) is 5.92 Å². The van der Waals surface area contributed by atoms with Crippen LogP contribution in [-0.4, -0.2) is 61.3 Å². The van der Waals surface area contributed by atoms with Gasteiger partial charge in [0.05, 0.1) is 0 Å². The molecule has 0 radical (unpaired) electrons. The van der Waals surface area contributed by atoms with Crippen molar-refractivity contribution in [2.75, 3.05) is 39.5 Å². The standard InChI is InChI=1S/C25H31NO5/c1-2-18-4-3-5-22(14-18)31-17-21(27)16-26-10-8-19(9-11-26)25(28)20-6-7-23-24(15-20)30-13-12-29-23/h3-7,14-15,19,21,27H,2,8-13,16-17H2,1H3. The lowest BCUT2D eigenvalue weighted by molar-refractivity contribution is 0.0524. The zero-order chi connectivity index (χ0) is 21.6. The SMILES string of the molecule is CCc1cccc(OCC(O)CN2CCC(C(=O)c3ccc4c(c3)OCCO4)CC2)c1. The Kier molecular flexibility index (Phi) is 7.10. The number of aliphatic hydroxyl groups excluding tert-OH is 1. The fourth-order valence-electron chi connectivity index (χ4n) is 4.21. The molecule has 2 aromatic carbocycles. The number of Topliss-reactive ketones (excluding diaryl/α,β-unsaturated/α-hetero) is 1. The van der Waals surface area contributed by atoms with Crippen molar-refractivity contribution in [1.82, 2.24) is 4.90 Å². The third kappa shape index (κ3) is 5.57. The van der Waals surface area contributed by atoms with Gasteiger partial charge in [-0.1, -0.05) is 19.1 Å². The molecule has 4 rings (SSSR count). The van der Waals surface area contributed by atoms with Gasteiger partial charge in [-0.15, -0.1) is 0 Å². The van der Waals surface area contributed by atoms with Gasteiger partial charge < -0.3 is 24.2 Å². The van der Waals surface area contributed by atoms with E-state index in [1.54, 1.807) is 6.07 Å². The number of aryl methyl sites for hydroxylation is 1. The molecule has 0 amide bonds. The van der Waals surface area contributed by atoms with Gasteiger partial charge in [0.1, 0.15) is 31.7 Å². The van der Waals surface area contributed by atoms with Gasteiger partial charge in [0, 0.05) is 18.0 Å². The van der Waals surface area contributed by atoms with Crippen molar-refractivity contribution in [3.63, 3.8) is 0 Å². The number of nitrogens with zero attached hydrogens (tertiary/aromatic N) is 1. The van der Waals surface area contributed by atoms with Gasteiger partial charge in [-0.25, -0.2) is 0 Å². The fraction of sp³-hybridized carbons (Fsp3) is 0.480. The van der Waals surface area contributed by atoms with Crippen LogP contribution in [-0.2, 0) is 6.42 Å². The Morgan fingerprint density at radius 1 is 1.13 bits per heavy atom. The molecule has 0 aliphatic carbocycles. The summed E-state index contributed by atoms with van der Waals surface area (Å²) in [6.45, 7) is 5.57. The highest BCUT2D eigenvalue weighted by atomic mass is 16.6. The summed E-state index contributed by atoms with van der Waals surface area (Å²) in [5, 5.41) is 10.4. The van der Waals surface area contributed by atoms with Crippen LogP contribution in [0.4, 0.5) is 0 Å². The molecular formula is C25H31NO5. The molecule has 0 bridgehead atoms. The monoisotopic (exact) mass is 425 g/mol. The van der Waals surface area contributed by atoms with Crippen LogP contribution in [0.25, 0.3) is 0 Å². The van der Waals surface area contributed by atoms with Gasteiger partial charge in [-0.3, -0.25) is 4.79 Å². The zero-order valence-electron chi connectivity index (χ0n) is 18.1. The van der Waals surface area contributed by atoms with E-state index in [0.29, 0.717) is 36.8 Å². The van der Waals surface area contributed by atoms with Gasteiger partial charge in [0.25, 0.3) is 0 Å². The summed E-state index contributed by atoms with van der Waals surface area (Å²) < 4.78 is 16.9. The number of hydrogen-bond acceptors (Lipinski definition) is 6. The van der Waals surface area contributed by atoms with Crippen LogP contribution in [0.3, 0.4) is 0 Å². The van der Waals surface area contributed by atoms with E-state index in [2.05, 4.69) is 17.9 Å². The summed E-state index contributed by atoms with van der Waals surface area (Å²) in [6, 6.07) is 13.4. The molecule has 1 unspecified atom stereocenters. The molecule has 1 saturated heterocycles. The van der Waals surface area contributed by atoms with E-state index in [9.17, 15) is 9.90 Å². The predicted molar refractivity (Wildman–Crippen MR) is 118 cm³/mol. The second-order valence-electron chi connectivity index (χ2n) is 8.26. The number of piperidine rings is 1. The molecule has 31 heavy (non-hydrogen) atoms. The first-order valence-electron chi connectivity index (χ1n) is 11.2. The minimum atomic E-state index is -0.560. The lowest BCUT2D eigenvalue weighted by atomic mass is 9.88. The van der Waals surface area contributed by atoms with Gasteiger partial charge in [-0.05, 0) is 68.2 Å². The number of carbonyl (C=O) groups excluding carboxylic acids is 1. The minimum absolute atomic E-state index is 0.00369. The van der Waals surface area contributed by atoms with Crippen molar-refractivity contribution in [1.29, 1.82) is 0 Å². The van der Waals surface area contributed by atoms with E-state index in [0.717, 1.165) is 38.1 Å². The average Bonchev–Trinajstić information content (AvgIpc) is 2.82. The fourth-order valence-corrected chi connectivity index (χ4v) is 4.21. The molecule has 2 aromatic rings. The molecule has 1 atom stereocenters. The Balaban J connectivity index is 1.23. The number of hydrogen-bond donors (Lipinski definition) is 1. The molecule has 166 valence electrons. The van der Waals surface area contributed by atoms with Crippen molar-refractivity contribution in [3.8, 4) is 17.2 Å². The maximum atomic E-state index is 12.9. The molecule has 2 heterocycles. The normalized spacial score (nSPS) is 17.9. The first kappa shape index (κ1) is 21.7. The van der Waals surface area contributed by atoms with E-state index >= 15 is 0 Å². The number of fused-ring (bicyclic) bond motifs is 1. The smallest absolute Gasteiger partial charge is 0.166 e. The van der Waals surface area contributed by atoms with Gasteiger partial charge >= 0.3 is 0 Å². The predicted octanol–water partition coefficient (Wildman–Crippen LogP) is 3.35. The van der Waals surface area contributed by atoms with Crippen molar-refractivity contribution in [2.45, 2.75) is 32.3 Å². The van der Waals surface area contributed by atoms with E-state index in [4.69, 9.17) is 14.2 Å².